The predicted octanol–water partition coefficient (Wildman–Crippen LogP) is 1.40. The Bertz CT molecular complexity index is 675. The molecule has 1 aliphatic rings. The van der Waals surface area contributed by atoms with E-state index in [-0.39, 0.29) is 5.56 Å². The standard InChI is InChI=1S/C15H18N4O/c1-2-19-8-7-12-13(9-19)17-14(18-15(12)20)10-3-5-11(16)6-4-10/h3-6H,2,7-9,16H2,1H3,(H,17,18,20). The number of nitrogens with one attached hydrogen (secondary N) is 1. The highest BCUT2D eigenvalue weighted by atomic mass is 16.1. The third-order valence-electron chi connectivity index (χ3n) is 3.78. The molecule has 0 unspecified atom stereocenters. The van der Waals surface area contributed by atoms with Crippen LogP contribution in [-0.4, -0.2) is 28.0 Å². The number of hydrogen-bond acceptors (Lipinski definition) is 4. The van der Waals surface area contributed by atoms with Crippen LogP contribution in [0.1, 0.15) is 18.2 Å². The zero-order valence-corrected chi connectivity index (χ0v) is 11.5. The van der Waals surface area contributed by atoms with Crippen LogP contribution in [-0.2, 0) is 13.0 Å². The van der Waals surface area contributed by atoms with Crippen molar-refractivity contribution in [3.63, 3.8) is 0 Å². The number of nitrogens with two attached hydrogens (primary N) is 1. The Labute approximate surface area is 117 Å². The van der Waals surface area contributed by atoms with Crippen LogP contribution in [0.15, 0.2) is 29.1 Å². The van der Waals surface area contributed by atoms with Crippen molar-refractivity contribution in [3.05, 3.63) is 45.9 Å². The lowest BCUT2D eigenvalue weighted by molar-refractivity contribution is 0.262. The van der Waals surface area contributed by atoms with Gasteiger partial charge in [0.15, 0.2) is 0 Å². The molecule has 0 radical (unpaired) electrons. The fraction of sp³-hybridized carbons (Fsp3) is 0.333. The molecule has 1 aromatic carbocycles. The number of aromatic amines is 1. The van der Waals surface area contributed by atoms with Gasteiger partial charge in [-0.3, -0.25) is 9.69 Å². The minimum atomic E-state index is -0.0161. The normalized spacial score (nSPS) is 15.1. The first-order chi connectivity index (χ1) is 9.67. The number of benzene rings is 1. The van der Waals surface area contributed by atoms with Gasteiger partial charge < -0.3 is 10.7 Å². The minimum absolute atomic E-state index is 0.0161. The highest BCUT2D eigenvalue weighted by molar-refractivity contribution is 5.58. The molecule has 0 aliphatic carbocycles. The van der Waals surface area contributed by atoms with Crippen LogP contribution in [0.5, 0.6) is 0 Å². The molecule has 0 bridgehead atoms. The Hall–Kier alpha value is -2.14. The molecule has 5 heteroatoms. The Balaban J connectivity index is 2.04. The Morgan fingerprint density at radius 3 is 2.80 bits per heavy atom. The van der Waals surface area contributed by atoms with Crippen molar-refractivity contribution in [2.45, 2.75) is 19.9 Å². The predicted molar refractivity (Wildman–Crippen MR) is 79.4 cm³/mol. The van der Waals surface area contributed by atoms with Gasteiger partial charge in [0.2, 0.25) is 0 Å². The van der Waals surface area contributed by atoms with E-state index in [9.17, 15) is 4.79 Å². The lowest BCUT2D eigenvalue weighted by Crippen LogP contribution is -2.35. The lowest BCUT2D eigenvalue weighted by Gasteiger charge is -2.26. The van der Waals surface area contributed by atoms with Crippen molar-refractivity contribution in [1.29, 1.82) is 0 Å². The van der Waals surface area contributed by atoms with E-state index in [0.29, 0.717) is 11.5 Å². The summed E-state index contributed by atoms with van der Waals surface area (Å²) in [4.78, 5) is 22.0. The summed E-state index contributed by atoms with van der Waals surface area (Å²) in [5.41, 5.74) is 8.97. The van der Waals surface area contributed by atoms with Crippen LogP contribution in [0, 0.1) is 0 Å². The quantitative estimate of drug-likeness (QED) is 0.809. The van der Waals surface area contributed by atoms with E-state index in [4.69, 9.17) is 5.73 Å². The van der Waals surface area contributed by atoms with E-state index in [1.807, 2.05) is 24.3 Å². The lowest BCUT2D eigenvalue weighted by atomic mass is 10.1. The first-order valence-electron chi connectivity index (χ1n) is 6.87. The van der Waals surface area contributed by atoms with Gasteiger partial charge in [-0.15, -0.1) is 0 Å². The number of aromatic nitrogens is 2. The molecule has 3 N–H and O–H groups in total. The van der Waals surface area contributed by atoms with Crippen molar-refractivity contribution in [1.82, 2.24) is 14.9 Å². The molecular weight excluding hydrogens is 252 g/mol. The fourth-order valence-electron chi connectivity index (χ4n) is 2.54. The number of nitrogens with zero attached hydrogens (tertiary/aromatic N) is 2. The first kappa shape index (κ1) is 12.9. The zero-order chi connectivity index (χ0) is 14.1. The van der Waals surface area contributed by atoms with Crippen LogP contribution >= 0.6 is 0 Å². The SMILES string of the molecule is CCN1CCc2c(nc(-c3ccc(N)cc3)[nH]c2=O)C1. The van der Waals surface area contributed by atoms with E-state index in [2.05, 4.69) is 21.8 Å². The number of fused-ring (bicyclic) bond motifs is 1. The molecule has 0 atom stereocenters. The summed E-state index contributed by atoms with van der Waals surface area (Å²) in [6.07, 6.45) is 0.771. The fourth-order valence-corrected chi connectivity index (χ4v) is 2.54. The maximum atomic E-state index is 12.2. The van der Waals surface area contributed by atoms with E-state index in [0.717, 1.165) is 42.9 Å². The molecule has 2 heterocycles. The van der Waals surface area contributed by atoms with Gasteiger partial charge in [0.05, 0.1) is 5.69 Å². The summed E-state index contributed by atoms with van der Waals surface area (Å²) in [5.74, 6) is 0.617. The molecule has 1 aliphatic heterocycles. The molecule has 1 aromatic heterocycles. The van der Waals surface area contributed by atoms with E-state index < -0.39 is 0 Å². The molecule has 3 rings (SSSR count). The van der Waals surface area contributed by atoms with Crippen molar-refractivity contribution in [2.75, 3.05) is 18.8 Å². The number of rotatable bonds is 2. The number of hydrogen-bond donors (Lipinski definition) is 2. The molecule has 5 nitrogen and oxygen atoms in total. The monoisotopic (exact) mass is 270 g/mol. The van der Waals surface area contributed by atoms with Crippen LogP contribution < -0.4 is 11.3 Å². The van der Waals surface area contributed by atoms with Gasteiger partial charge >= 0.3 is 0 Å². The summed E-state index contributed by atoms with van der Waals surface area (Å²) in [6.45, 7) is 4.78. The molecule has 0 saturated heterocycles. The van der Waals surface area contributed by atoms with Gasteiger partial charge in [-0.05, 0) is 37.2 Å². The molecule has 20 heavy (non-hydrogen) atoms. The first-order valence-corrected chi connectivity index (χ1v) is 6.87. The molecule has 2 aromatic rings. The van der Waals surface area contributed by atoms with Crippen molar-refractivity contribution >= 4 is 5.69 Å². The van der Waals surface area contributed by atoms with E-state index >= 15 is 0 Å². The van der Waals surface area contributed by atoms with Crippen molar-refractivity contribution in [2.24, 2.45) is 0 Å². The minimum Gasteiger partial charge on any atom is -0.399 e. The van der Waals surface area contributed by atoms with Gasteiger partial charge in [-0.25, -0.2) is 4.98 Å². The number of nitrogen functional groups attached to an aromatic ring is 1. The van der Waals surface area contributed by atoms with Crippen LogP contribution in [0.3, 0.4) is 0 Å². The topological polar surface area (TPSA) is 75.0 Å². The number of H-pyrrole nitrogens is 1. The maximum absolute atomic E-state index is 12.2. The van der Waals surface area contributed by atoms with Gasteiger partial charge in [0.25, 0.3) is 5.56 Å². The van der Waals surface area contributed by atoms with E-state index in [1.165, 1.54) is 0 Å². The smallest absolute Gasteiger partial charge is 0.254 e. The van der Waals surface area contributed by atoms with Gasteiger partial charge in [-0.1, -0.05) is 6.92 Å². The number of likely N-dealkylation sites (N-methyl/N-ethyl adjacent to an activating group) is 1. The largest absolute Gasteiger partial charge is 0.399 e. The summed E-state index contributed by atoms with van der Waals surface area (Å²) in [6, 6.07) is 7.38. The third kappa shape index (κ3) is 2.32. The Morgan fingerprint density at radius 2 is 2.10 bits per heavy atom. The van der Waals surface area contributed by atoms with Crippen LogP contribution in [0.2, 0.25) is 0 Å². The van der Waals surface area contributed by atoms with Crippen molar-refractivity contribution in [3.8, 4) is 11.4 Å². The molecule has 0 spiro atoms. The van der Waals surface area contributed by atoms with Crippen LogP contribution in [0.25, 0.3) is 11.4 Å². The van der Waals surface area contributed by atoms with Gasteiger partial charge in [0.1, 0.15) is 5.82 Å². The maximum Gasteiger partial charge on any atom is 0.254 e. The highest BCUT2D eigenvalue weighted by Crippen LogP contribution is 2.19. The third-order valence-corrected chi connectivity index (χ3v) is 3.78. The molecular formula is C15H18N4O. The molecule has 0 saturated carbocycles. The average Bonchev–Trinajstić information content (AvgIpc) is 2.47. The Kier molecular flexibility index (Phi) is 3.28. The summed E-state index contributed by atoms with van der Waals surface area (Å²) >= 11 is 0. The van der Waals surface area contributed by atoms with E-state index in [1.54, 1.807) is 0 Å². The summed E-state index contributed by atoms with van der Waals surface area (Å²) < 4.78 is 0. The van der Waals surface area contributed by atoms with Crippen molar-refractivity contribution < 1.29 is 0 Å². The second-order valence-electron chi connectivity index (χ2n) is 5.08. The Morgan fingerprint density at radius 1 is 1.35 bits per heavy atom. The van der Waals surface area contributed by atoms with Gasteiger partial charge in [0, 0.05) is 29.9 Å². The zero-order valence-electron chi connectivity index (χ0n) is 11.5. The summed E-state index contributed by atoms with van der Waals surface area (Å²) in [5, 5.41) is 0. The number of anilines is 1. The summed E-state index contributed by atoms with van der Waals surface area (Å²) in [7, 11) is 0. The molecule has 0 amide bonds. The molecule has 104 valence electrons. The van der Waals surface area contributed by atoms with Crippen LogP contribution in [0.4, 0.5) is 5.69 Å². The second-order valence-corrected chi connectivity index (χ2v) is 5.08. The highest BCUT2D eigenvalue weighted by Gasteiger charge is 2.20. The average molecular weight is 270 g/mol. The second kappa shape index (κ2) is 5.09. The van der Waals surface area contributed by atoms with Gasteiger partial charge in [-0.2, -0.15) is 0 Å². The molecule has 0 fully saturated rings.